The van der Waals surface area contributed by atoms with E-state index in [2.05, 4.69) is 35.0 Å². The van der Waals surface area contributed by atoms with Crippen molar-refractivity contribution >= 4 is 57.8 Å². The lowest BCUT2D eigenvalue weighted by atomic mass is 10.5. The molecule has 0 atom stereocenters. The molecule has 0 saturated heterocycles. The van der Waals surface area contributed by atoms with Crippen LogP contribution in [0.5, 0.6) is 0 Å². The lowest BCUT2D eigenvalue weighted by Gasteiger charge is -2.04. The lowest BCUT2D eigenvalue weighted by molar-refractivity contribution is -0.166. The van der Waals surface area contributed by atoms with E-state index >= 15 is 0 Å². The summed E-state index contributed by atoms with van der Waals surface area (Å²) in [6.45, 7) is 5.69. The number of nitrogens with zero attached hydrogens (tertiary/aromatic N) is 6. The molecule has 0 radical (unpaired) electrons. The van der Waals surface area contributed by atoms with Gasteiger partial charge in [-0.25, -0.2) is 38.5 Å². The number of halogens is 6. The Morgan fingerprint density at radius 3 is 2.17 bits per heavy atom. The summed E-state index contributed by atoms with van der Waals surface area (Å²) in [5, 5.41) is 3.34. The number of carbonyl (C=O) groups is 2. The fourth-order valence-electron chi connectivity index (χ4n) is 2.27. The Labute approximate surface area is 206 Å². The van der Waals surface area contributed by atoms with Crippen LogP contribution in [0.25, 0.3) is 11.2 Å². The summed E-state index contributed by atoms with van der Waals surface area (Å²) >= 11 is 11.4. The smallest absolute Gasteiger partial charge is 0.381 e. The monoisotopic (exact) mass is 542 g/mol. The van der Waals surface area contributed by atoms with Crippen molar-refractivity contribution in [3.63, 3.8) is 0 Å². The van der Waals surface area contributed by atoms with Crippen molar-refractivity contribution in [2.45, 2.75) is 40.2 Å². The summed E-state index contributed by atoms with van der Waals surface area (Å²) in [5.74, 6) is -2.56. The van der Waals surface area contributed by atoms with Crippen molar-refractivity contribution in [3.8, 4) is 0 Å². The lowest BCUT2D eigenvalue weighted by Crippen LogP contribution is -2.16. The second kappa shape index (κ2) is 14.2. The van der Waals surface area contributed by atoms with Gasteiger partial charge in [-0.1, -0.05) is 23.2 Å². The molecule has 3 N–H and O–H groups in total. The molecule has 3 rings (SSSR count). The number of nitrogen functional groups attached to an aromatic ring is 1. The number of fused-ring (bicyclic) bond motifs is 1. The van der Waals surface area contributed by atoms with Gasteiger partial charge < -0.3 is 20.4 Å². The molecule has 0 unspecified atom stereocenters. The number of anilines is 2. The van der Waals surface area contributed by atoms with E-state index in [1.807, 2.05) is 6.92 Å². The number of rotatable bonds is 5. The number of nitrogens with one attached hydrogen (secondary N) is 1. The molecule has 0 aliphatic heterocycles. The molecule has 17 heteroatoms. The van der Waals surface area contributed by atoms with Crippen LogP contribution in [0.4, 0.5) is 29.1 Å². The molecule has 0 saturated carbocycles. The van der Waals surface area contributed by atoms with Gasteiger partial charge in [0.15, 0.2) is 27.6 Å². The molecular weight excluding hydrogens is 523 g/mol. The van der Waals surface area contributed by atoms with E-state index in [0.29, 0.717) is 23.7 Å². The highest BCUT2D eigenvalue weighted by molar-refractivity contribution is 6.33. The summed E-state index contributed by atoms with van der Waals surface area (Å²) in [5.41, 5.74) is 6.51. The van der Waals surface area contributed by atoms with Crippen molar-refractivity contribution in [3.05, 3.63) is 28.8 Å². The van der Waals surface area contributed by atoms with Crippen LogP contribution in [0, 0.1) is 0 Å². The molecular formula is C18H20Cl2F4N8O3. The van der Waals surface area contributed by atoms with E-state index < -0.39 is 24.8 Å². The highest BCUT2D eigenvalue weighted by atomic mass is 35.5. The average Bonchev–Trinajstić information content (AvgIpc) is 3.18. The van der Waals surface area contributed by atoms with E-state index in [1.165, 1.54) is 17.2 Å². The van der Waals surface area contributed by atoms with E-state index in [0.717, 1.165) is 13.5 Å². The number of aryl methyl sites for hydroxylation is 1. The van der Waals surface area contributed by atoms with Gasteiger partial charge in [0.1, 0.15) is 23.9 Å². The maximum absolute atomic E-state index is 12.6. The van der Waals surface area contributed by atoms with Gasteiger partial charge >= 0.3 is 18.4 Å². The number of hydrogen-bond acceptors (Lipinski definition) is 10. The van der Waals surface area contributed by atoms with Gasteiger partial charge in [0, 0.05) is 20.0 Å². The minimum Gasteiger partial charge on any atom is -0.393 e. The highest BCUT2D eigenvalue weighted by Crippen LogP contribution is 2.25. The van der Waals surface area contributed by atoms with Crippen molar-refractivity contribution in [1.29, 1.82) is 0 Å². The molecule has 0 aliphatic rings. The molecule has 3 heterocycles. The number of ether oxygens (including phenoxy) is 1. The van der Waals surface area contributed by atoms with Crippen LogP contribution in [-0.4, -0.2) is 54.4 Å². The Morgan fingerprint density at radius 1 is 1.09 bits per heavy atom. The first-order chi connectivity index (χ1) is 16.4. The van der Waals surface area contributed by atoms with Crippen molar-refractivity contribution in [2.75, 3.05) is 17.6 Å². The first-order valence-electron chi connectivity index (χ1n) is 9.59. The average molecular weight is 543 g/mol. The second-order valence-corrected chi connectivity index (χ2v) is 6.74. The molecule has 0 spiro atoms. The summed E-state index contributed by atoms with van der Waals surface area (Å²) in [6, 6.07) is 0. The summed E-state index contributed by atoms with van der Waals surface area (Å²) in [6.07, 6.45) is -3.27. The molecule has 0 aromatic carbocycles. The van der Waals surface area contributed by atoms with Gasteiger partial charge in [0.05, 0.1) is 0 Å². The summed E-state index contributed by atoms with van der Waals surface area (Å²) < 4.78 is 52.4. The van der Waals surface area contributed by atoms with Gasteiger partial charge in [-0.15, -0.1) is 0 Å². The first kappa shape index (κ1) is 29.7. The number of hydrogen-bond donors (Lipinski definition) is 2. The van der Waals surface area contributed by atoms with Gasteiger partial charge in [0.25, 0.3) is 6.43 Å². The number of imidazole rings is 1. The number of nitrogens with two attached hydrogens (primary N) is 1. The van der Waals surface area contributed by atoms with Gasteiger partial charge in [-0.2, -0.15) is 8.78 Å². The van der Waals surface area contributed by atoms with Gasteiger partial charge in [-0.05, 0) is 13.8 Å². The molecule has 11 nitrogen and oxygen atoms in total. The number of aromatic nitrogens is 6. The number of alkyl halides is 4. The predicted molar refractivity (Wildman–Crippen MR) is 119 cm³/mol. The fourth-order valence-corrected chi connectivity index (χ4v) is 2.58. The topological polar surface area (TPSA) is 151 Å². The zero-order valence-electron chi connectivity index (χ0n) is 18.5. The highest BCUT2D eigenvalue weighted by Gasteiger charge is 2.20. The zero-order chi connectivity index (χ0) is 26.7. The van der Waals surface area contributed by atoms with Crippen molar-refractivity contribution in [2.24, 2.45) is 0 Å². The number of carbonyl (C=O) groups excluding carboxylic acids is 2. The Bertz CT molecular complexity index is 1150. The predicted octanol–water partition coefficient (Wildman–Crippen LogP) is 3.92. The van der Waals surface area contributed by atoms with Crippen LogP contribution in [0.3, 0.4) is 0 Å². The molecule has 192 valence electrons. The Balaban J connectivity index is 0.000000274. The molecule has 0 amide bonds. The summed E-state index contributed by atoms with van der Waals surface area (Å²) in [7, 11) is 0. The summed E-state index contributed by atoms with van der Waals surface area (Å²) in [4.78, 5) is 38.5. The molecule has 0 aliphatic carbocycles. The van der Waals surface area contributed by atoms with Crippen LogP contribution in [0.2, 0.25) is 10.3 Å². The van der Waals surface area contributed by atoms with Crippen LogP contribution in [0.1, 0.15) is 33.0 Å². The molecule has 0 fully saturated rings. The van der Waals surface area contributed by atoms with E-state index in [9.17, 15) is 27.2 Å². The van der Waals surface area contributed by atoms with Gasteiger partial charge in [-0.3, -0.25) is 4.79 Å². The minimum atomic E-state index is -3.23. The molecule has 3 aromatic rings. The zero-order valence-corrected chi connectivity index (χ0v) is 20.0. The Kier molecular flexibility index (Phi) is 12.0. The van der Waals surface area contributed by atoms with Gasteiger partial charge in [0.2, 0.25) is 0 Å². The maximum atomic E-state index is 12.6. The maximum Gasteiger partial charge on any atom is 0.381 e. The molecule has 0 bridgehead atoms. The third kappa shape index (κ3) is 8.75. The molecule has 35 heavy (non-hydrogen) atoms. The first-order valence-corrected chi connectivity index (χ1v) is 10.3. The van der Waals surface area contributed by atoms with Crippen molar-refractivity contribution in [1.82, 2.24) is 29.5 Å². The standard InChI is InChI=1S/C8H7ClF2N4.C6H9ClN4.C4H4F2O3/c1-2-15-7-4(5(9)12-3-13-7)14-8(15)6(10)11;1-2-9-6-4(8)5(7)10-3-11-6;1-2(7)9-4(8)3(5)6/h3,6H,2H2,1H3;3H,2,8H2,1H3,(H,9,10,11);3H,1H3. The Hall–Kier alpha value is -3.33. The molecule has 3 aromatic heterocycles. The second-order valence-electron chi connectivity index (χ2n) is 6.02. The normalized spacial score (nSPS) is 10.4. The van der Waals surface area contributed by atoms with Crippen molar-refractivity contribution < 1.29 is 31.9 Å². The van der Waals surface area contributed by atoms with Crippen LogP contribution in [-0.2, 0) is 20.9 Å². The minimum absolute atomic E-state index is 0.0918. The number of esters is 2. The largest absolute Gasteiger partial charge is 0.393 e. The Morgan fingerprint density at radius 2 is 1.69 bits per heavy atom. The van der Waals surface area contributed by atoms with E-state index in [-0.39, 0.29) is 21.6 Å². The fraction of sp³-hybridized carbons (Fsp3) is 0.389. The SMILES string of the molecule is CC(=O)OC(=O)C(F)F.CCNc1ncnc(Cl)c1N.CCn1c(C(F)F)nc2c(Cl)ncnc21. The van der Waals surface area contributed by atoms with E-state index in [4.69, 9.17) is 28.9 Å². The van der Waals surface area contributed by atoms with Crippen LogP contribution >= 0.6 is 23.2 Å². The van der Waals surface area contributed by atoms with Crippen LogP contribution < -0.4 is 11.1 Å². The third-order valence-corrected chi connectivity index (χ3v) is 4.21. The van der Waals surface area contributed by atoms with E-state index in [1.54, 1.807) is 6.92 Å². The quantitative estimate of drug-likeness (QED) is 0.210. The third-order valence-electron chi connectivity index (χ3n) is 3.63. The van der Waals surface area contributed by atoms with Crippen LogP contribution in [0.15, 0.2) is 12.7 Å².